The van der Waals surface area contributed by atoms with E-state index in [1.807, 2.05) is 55.5 Å². The highest BCUT2D eigenvalue weighted by Crippen LogP contribution is 2.46. The number of benzene rings is 2. The summed E-state index contributed by atoms with van der Waals surface area (Å²) in [6, 6.07) is 17.1. The van der Waals surface area contributed by atoms with E-state index in [0.29, 0.717) is 16.2 Å². The number of methoxy groups -OCH3 is 1. The molecule has 1 aliphatic rings. The molecule has 4 nitrogen and oxygen atoms in total. The number of nitrogens with zero attached hydrogens (tertiary/aromatic N) is 1. The first-order chi connectivity index (χ1) is 12.0. The number of Topliss-reactive ketones (excluding diaryl/α,β-unsaturated/α-hetero) is 1. The molecule has 0 aromatic heterocycles. The van der Waals surface area contributed by atoms with Crippen LogP contribution in [0, 0.1) is 18.3 Å². The summed E-state index contributed by atoms with van der Waals surface area (Å²) >= 11 is 1.27. The van der Waals surface area contributed by atoms with Crippen LogP contribution in [-0.2, 0) is 0 Å². The SMILES string of the molecule is COc1ccc([C@@H]2C(C#N)=C(N)S[C@@H]2C(=O)c2ccc(C)cc2)cc1. The Morgan fingerprint density at radius 3 is 2.36 bits per heavy atom. The van der Waals surface area contributed by atoms with Crippen LogP contribution in [0.15, 0.2) is 59.1 Å². The van der Waals surface area contributed by atoms with Crippen LogP contribution in [0.5, 0.6) is 5.75 Å². The maximum atomic E-state index is 13.0. The molecule has 0 saturated heterocycles. The number of ether oxygens (including phenoxy) is 1. The summed E-state index contributed by atoms with van der Waals surface area (Å²) < 4.78 is 5.19. The second kappa shape index (κ2) is 7.04. The Hall–Kier alpha value is -2.71. The van der Waals surface area contributed by atoms with Crippen molar-refractivity contribution < 1.29 is 9.53 Å². The van der Waals surface area contributed by atoms with Crippen molar-refractivity contribution in [2.24, 2.45) is 5.73 Å². The summed E-state index contributed by atoms with van der Waals surface area (Å²) in [5.41, 5.74) is 9.12. The number of ketones is 1. The highest BCUT2D eigenvalue weighted by molar-refractivity contribution is 8.04. The smallest absolute Gasteiger partial charge is 0.177 e. The van der Waals surface area contributed by atoms with Crippen LogP contribution in [0.2, 0.25) is 0 Å². The van der Waals surface area contributed by atoms with E-state index in [1.54, 1.807) is 7.11 Å². The van der Waals surface area contributed by atoms with Crippen LogP contribution in [0.3, 0.4) is 0 Å². The topological polar surface area (TPSA) is 76.1 Å². The molecular weight excluding hydrogens is 332 g/mol. The monoisotopic (exact) mass is 350 g/mol. The molecule has 0 radical (unpaired) electrons. The summed E-state index contributed by atoms with van der Waals surface area (Å²) in [6.45, 7) is 1.98. The van der Waals surface area contributed by atoms with E-state index in [2.05, 4.69) is 6.07 Å². The molecule has 3 rings (SSSR count). The van der Waals surface area contributed by atoms with Crippen molar-refractivity contribution in [3.8, 4) is 11.8 Å². The van der Waals surface area contributed by atoms with Gasteiger partial charge in [0.05, 0.1) is 29.0 Å². The van der Waals surface area contributed by atoms with Crippen molar-refractivity contribution in [2.75, 3.05) is 7.11 Å². The minimum absolute atomic E-state index is 0.0148. The number of carbonyl (C=O) groups excluding carboxylic acids is 1. The van der Waals surface area contributed by atoms with Gasteiger partial charge in [-0.15, -0.1) is 0 Å². The molecule has 0 aliphatic carbocycles. The van der Waals surface area contributed by atoms with Crippen molar-refractivity contribution in [2.45, 2.75) is 18.1 Å². The minimum atomic E-state index is -0.439. The van der Waals surface area contributed by atoms with Gasteiger partial charge in [-0.05, 0) is 24.6 Å². The van der Waals surface area contributed by atoms with Gasteiger partial charge in [0, 0.05) is 11.5 Å². The van der Waals surface area contributed by atoms with Gasteiger partial charge in [0.1, 0.15) is 5.75 Å². The lowest BCUT2D eigenvalue weighted by Gasteiger charge is -2.19. The van der Waals surface area contributed by atoms with Crippen molar-refractivity contribution in [3.63, 3.8) is 0 Å². The molecule has 126 valence electrons. The number of allylic oxidation sites excluding steroid dienone is 1. The molecule has 1 heterocycles. The van der Waals surface area contributed by atoms with Gasteiger partial charge in [-0.3, -0.25) is 4.79 Å². The molecule has 1 aliphatic heterocycles. The lowest BCUT2D eigenvalue weighted by molar-refractivity contribution is 0.0985. The molecular formula is C20H18N2O2S. The van der Waals surface area contributed by atoms with E-state index < -0.39 is 5.25 Å². The van der Waals surface area contributed by atoms with E-state index >= 15 is 0 Å². The van der Waals surface area contributed by atoms with E-state index in [9.17, 15) is 10.1 Å². The molecule has 0 spiro atoms. The lowest BCUT2D eigenvalue weighted by atomic mass is 9.86. The van der Waals surface area contributed by atoms with Gasteiger partial charge in [-0.1, -0.05) is 53.7 Å². The number of carbonyl (C=O) groups is 1. The van der Waals surface area contributed by atoms with Crippen molar-refractivity contribution in [3.05, 3.63) is 75.8 Å². The van der Waals surface area contributed by atoms with Crippen LogP contribution >= 0.6 is 11.8 Å². The average molecular weight is 350 g/mol. The fourth-order valence-corrected chi connectivity index (χ4v) is 4.18. The van der Waals surface area contributed by atoms with Crippen LogP contribution in [-0.4, -0.2) is 18.1 Å². The van der Waals surface area contributed by atoms with E-state index in [1.165, 1.54) is 11.8 Å². The fraction of sp³-hybridized carbons (Fsp3) is 0.200. The third-order valence-corrected chi connectivity index (χ3v) is 5.54. The predicted molar refractivity (Wildman–Crippen MR) is 99.4 cm³/mol. The fourth-order valence-electron chi connectivity index (χ4n) is 2.94. The van der Waals surface area contributed by atoms with E-state index in [4.69, 9.17) is 10.5 Å². The molecule has 25 heavy (non-hydrogen) atoms. The van der Waals surface area contributed by atoms with Crippen LogP contribution in [0.25, 0.3) is 0 Å². The predicted octanol–water partition coefficient (Wildman–Crippen LogP) is 3.78. The van der Waals surface area contributed by atoms with Crippen molar-refractivity contribution in [1.82, 2.24) is 0 Å². The maximum absolute atomic E-state index is 13.0. The summed E-state index contributed by atoms with van der Waals surface area (Å²) in [5.74, 6) is 0.361. The Morgan fingerprint density at radius 1 is 1.16 bits per heavy atom. The molecule has 0 fully saturated rings. The summed E-state index contributed by atoms with van der Waals surface area (Å²) in [7, 11) is 1.60. The first-order valence-electron chi connectivity index (χ1n) is 7.86. The van der Waals surface area contributed by atoms with Gasteiger partial charge >= 0.3 is 0 Å². The Labute approximate surface area is 151 Å². The second-order valence-corrected chi connectivity index (χ2v) is 7.09. The van der Waals surface area contributed by atoms with Crippen LogP contribution < -0.4 is 10.5 Å². The first-order valence-corrected chi connectivity index (χ1v) is 8.74. The highest BCUT2D eigenvalue weighted by Gasteiger charge is 2.40. The molecule has 2 N–H and O–H groups in total. The largest absolute Gasteiger partial charge is 0.497 e. The normalized spacial score (nSPS) is 19.6. The van der Waals surface area contributed by atoms with Crippen LogP contribution in [0.1, 0.15) is 27.4 Å². The molecule has 0 bridgehead atoms. The third kappa shape index (κ3) is 3.26. The van der Waals surface area contributed by atoms with E-state index in [0.717, 1.165) is 16.9 Å². The van der Waals surface area contributed by atoms with Crippen LogP contribution in [0.4, 0.5) is 0 Å². The maximum Gasteiger partial charge on any atom is 0.177 e. The lowest BCUT2D eigenvalue weighted by Crippen LogP contribution is -2.23. The Morgan fingerprint density at radius 2 is 1.80 bits per heavy atom. The Bertz CT molecular complexity index is 864. The number of nitriles is 1. The van der Waals surface area contributed by atoms with Gasteiger partial charge in [0.2, 0.25) is 0 Å². The van der Waals surface area contributed by atoms with Crippen molar-refractivity contribution in [1.29, 1.82) is 5.26 Å². The molecule has 2 aromatic rings. The standard InChI is InChI=1S/C20H18N2O2S/c1-12-3-5-14(6-4-12)18(23)19-17(16(11-21)20(22)25-19)13-7-9-15(24-2)10-8-13/h3-10,17,19H,22H2,1-2H3/t17-,19+/m1/s1. The van der Waals surface area contributed by atoms with E-state index in [-0.39, 0.29) is 11.7 Å². The van der Waals surface area contributed by atoms with Gasteiger partial charge in [0.15, 0.2) is 5.78 Å². The number of hydrogen-bond donors (Lipinski definition) is 1. The molecule has 2 aromatic carbocycles. The Balaban J connectivity index is 1.99. The van der Waals surface area contributed by atoms with Gasteiger partial charge in [-0.2, -0.15) is 5.26 Å². The Kier molecular flexibility index (Phi) is 4.82. The molecule has 0 amide bonds. The first kappa shape index (κ1) is 17.1. The van der Waals surface area contributed by atoms with Gasteiger partial charge in [-0.25, -0.2) is 0 Å². The number of rotatable bonds is 4. The second-order valence-electron chi connectivity index (χ2n) is 5.91. The molecule has 0 unspecified atom stereocenters. The van der Waals surface area contributed by atoms with Crippen molar-refractivity contribution >= 4 is 17.5 Å². The average Bonchev–Trinajstić information content (AvgIpc) is 2.98. The zero-order valence-electron chi connectivity index (χ0n) is 14.0. The van der Waals surface area contributed by atoms with Gasteiger partial charge < -0.3 is 10.5 Å². The molecule has 2 atom stereocenters. The summed E-state index contributed by atoms with van der Waals surface area (Å²) in [4.78, 5) is 13.0. The zero-order chi connectivity index (χ0) is 18.0. The minimum Gasteiger partial charge on any atom is -0.497 e. The summed E-state index contributed by atoms with van der Waals surface area (Å²) in [6.07, 6.45) is 0. The number of nitrogens with two attached hydrogens (primary N) is 1. The molecule has 5 heteroatoms. The highest BCUT2D eigenvalue weighted by atomic mass is 32.2. The zero-order valence-corrected chi connectivity index (χ0v) is 14.8. The number of hydrogen-bond acceptors (Lipinski definition) is 5. The third-order valence-electron chi connectivity index (χ3n) is 4.32. The quantitative estimate of drug-likeness (QED) is 0.849. The summed E-state index contributed by atoms with van der Waals surface area (Å²) in [5, 5.41) is 9.52. The molecule has 0 saturated carbocycles. The number of aryl methyl sites for hydroxylation is 1. The number of thioether (sulfide) groups is 1. The van der Waals surface area contributed by atoms with Gasteiger partial charge in [0.25, 0.3) is 0 Å².